The smallest absolute Gasteiger partial charge is 0.271 e. The maximum absolute atomic E-state index is 11.8. The minimum atomic E-state index is -0.496. The van der Waals surface area contributed by atoms with Gasteiger partial charge in [0, 0.05) is 30.9 Å². The fourth-order valence-electron chi connectivity index (χ4n) is 1.87. The molecule has 8 heteroatoms. The number of ether oxygens (including phenoxy) is 1. The molecule has 1 fully saturated rings. The third-order valence-electron chi connectivity index (χ3n) is 2.76. The van der Waals surface area contributed by atoms with E-state index in [9.17, 15) is 14.9 Å². The Balaban J connectivity index is 0.00000200. The van der Waals surface area contributed by atoms with Crippen LogP contribution in [-0.4, -0.2) is 36.6 Å². The van der Waals surface area contributed by atoms with Gasteiger partial charge < -0.3 is 15.4 Å². The normalized spacial score (nSPS) is 17.9. The van der Waals surface area contributed by atoms with Crippen molar-refractivity contribution in [2.45, 2.75) is 12.5 Å². The molecule has 0 radical (unpaired) electrons. The highest BCUT2D eigenvalue weighted by molar-refractivity contribution is 5.91. The van der Waals surface area contributed by atoms with Gasteiger partial charge in [-0.3, -0.25) is 14.9 Å². The van der Waals surface area contributed by atoms with Gasteiger partial charge in [-0.05, 0) is 6.07 Å². The average Bonchev–Trinajstić information content (AvgIpc) is 2.40. The first-order valence-electron chi connectivity index (χ1n) is 6.02. The highest BCUT2D eigenvalue weighted by atomic mass is 35.5. The Labute approximate surface area is 122 Å². The first-order chi connectivity index (χ1) is 9.15. The molecule has 0 saturated carbocycles. The van der Waals surface area contributed by atoms with Crippen molar-refractivity contribution >= 4 is 29.7 Å². The predicted octanol–water partition coefficient (Wildman–Crippen LogP) is 1.33. The number of morpholine rings is 1. The molecule has 2 rings (SSSR count). The molecule has 1 aromatic rings. The summed E-state index contributed by atoms with van der Waals surface area (Å²) in [5.74, 6) is -0.214. The maximum atomic E-state index is 11.8. The van der Waals surface area contributed by atoms with Crippen LogP contribution in [0.3, 0.4) is 0 Å². The first kappa shape index (κ1) is 16.4. The summed E-state index contributed by atoms with van der Waals surface area (Å²) in [5, 5.41) is 16.4. The quantitative estimate of drug-likeness (QED) is 0.646. The van der Waals surface area contributed by atoms with E-state index in [1.54, 1.807) is 6.07 Å². The van der Waals surface area contributed by atoms with E-state index in [1.807, 2.05) is 0 Å². The third kappa shape index (κ3) is 4.76. The number of non-ortho nitro benzene ring substituents is 1. The molecule has 1 unspecified atom stereocenters. The summed E-state index contributed by atoms with van der Waals surface area (Å²) in [6, 6.07) is 5.86. The van der Waals surface area contributed by atoms with Gasteiger partial charge in [-0.25, -0.2) is 0 Å². The molecule has 0 aliphatic carbocycles. The van der Waals surface area contributed by atoms with Crippen molar-refractivity contribution < 1.29 is 14.5 Å². The summed E-state index contributed by atoms with van der Waals surface area (Å²) in [7, 11) is 0. The van der Waals surface area contributed by atoms with Crippen molar-refractivity contribution in [3.05, 3.63) is 34.4 Å². The SMILES string of the molecule is Cl.O=C(CC1CNCCO1)Nc1cccc([N+](=O)[O-])c1. The minimum absolute atomic E-state index is 0. The van der Waals surface area contributed by atoms with E-state index in [2.05, 4.69) is 10.6 Å². The van der Waals surface area contributed by atoms with Crippen LogP contribution in [0.1, 0.15) is 6.42 Å². The second-order valence-electron chi connectivity index (χ2n) is 4.26. The van der Waals surface area contributed by atoms with Crippen LogP contribution in [0.2, 0.25) is 0 Å². The monoisotopic (exact) mass is 301 g/mol. The van der Waals surface area contributed by atoms with Gasteiger partial charge in [-0.1, -0.05) is 6.07 Å². The number of carbonyl (C=O) groups excluding carboxylic acids is 1. The number of nitrogens with one attached hydrogen (secondary N) is 2. The Kier molecular flexibility index (Phi) is 6.37. The molecule has 0 spiro atoms. The van der Waals surface area contributed by atoms with Gasteiger partial charge in [-0.2, -0.15) is 0 Å². The number of rotatable bonds is 4. The number of carbonyl (C=O) groups is 1. The van der Waals surface area contributed by atoms with Crippen molar-refractivity contribution in [2.24, 2.45) is 0 Å². The van der Waals surface area contributed by atoms with E-state index < -0.39 is 4.92 Å². The molecule has 1 aromatic carbocycles. The molecule has 1 aliphatic rings. The standard InChI is InChI=1S/C12H15N3O4.ClH/c16-12(7-11-8-13-4-5-19-11)14-9-2-1-3-10(6-9)15(17)18;/h1-3,6,11,13H,4-5,7-8H2,(H,14,16);1H. The number of halogens is 1. The molecule has 20 heavy (non-hydrogen) atoms. The Morgan fingerprint density at radius 2 is 2.35 bits per heavy atom. The summed E-state index contributed by atoms with van der Waals surface area (Å²) in [5.41, 5.74) is 0.372. The van der Waals surface area contributed by atoms with E-state index in [1.165, 1.54) is 18.2 Å². The second kappa shape index (κ2) is 7.78. The summed E-state index contributed by atoms with van der Waals surface area (Å²) in [6.45, 7) is 2.03. The van der Waals surface area contributed by atoms with E-state index >= 15 is 0 Å². The van der Waals surface area contributed by atoms with Crippen LogP contribution in [0.15, 0.2) is 24.3 Å². The summed E-state index contributed by atoms with van der Waals surface area (Å²) < 4.78 is 5.42. The van der Waals surface area contributed by atoms with Gasteiger partial charge in [0.15, 0.2) is 0 Å². The van der Waals surface area contributed by atoms with E-state index in [0.29, 0.717) is 18.8 Å². The predicted molar refractivity (Wildman–Crippen MR) is 76.2 cm³/mol. The number of nitro benzene ring substituents is 1. The van der Waals surface area contributed by atoms with E-state index in [-0.39, 0.29) is 36.5 Å². The fourth-order valence-corrected chi connectivity index (χ4v) is 1.87. The summed E-state index contributed by atoms with van der Waals surface area (Å²) in [6.07, 6.45) is 0.0860. The lowest BCUT2D eigenvalue weighted by atomic mass is 10.2. The summed E-state index contributed by atoms with van der Waals surface area (Å²) in [4.78, 5) is 21.9. The van der Waals surface area contributed by atoms with Gasteiger partial charge in [0.25, 0.3) is 5.69 Å². The number of hydrogen-bond acceptors (Lipinski definition) is 5. The average molecular weight is 302 g/mol. The molecular formula is C12H16ClN3O4. The van der Waals surface area contributed by atoms with Crippen LogP contribution in [-0.2, 0) is 9.53 Å². The zero-order chi connectivity index (χ0) is 13.7. The molecule has 1 atom stereocenters. The van der Waals surface area contributed by atoms with Crippen LogP contribution in [0.25, 0.3) is 0 Å². The fraction of sp³-hybridized carbons (Fsp3) is 0.417. The highest BCUT2D eigenvalue weighted by Gasteiger charge is 2.17. The van der Waals surface area contributed by atoms with Crippen LogP contribution >= 0.6 is 12.4 Å². The molecule has 1 aliphatic heterocycles. The zero-order valence-electron chi connectivity index (χ0n) is 10.7. The summed E-state index contributed by atoms with van der Waals surface area (Å²) >= 11 is 0. The van der Waals surface area contributed by atoms with Gasteiger partial charge in [0.2, 0.25) is 5.91 Å². The molecule has 0 bridgehead atoms. The largest absolute Gasteiger partial charge is 0.375 e. The van der Waals surface area contributed by atoms with Crippen molar-refractivity contribution in [3.63, 3.8) is 0 Å². The van der Waals surface area contributed by atoms with Crippen molar-refractivity contribution in [3.8, 4) is 0 Å². The number of nitrogens with zero attached hydrogens (tertiary/aromatic N) is 1. The zero-order valence-corrected chi connectivity index (χ0v) is 11.5. The highest BCUT2D eigenvalue weighted by Crippen LogP contribution is 2.17. The number of anilines is 1. The van der Waals surface area contributed by atoms with Crippen LogP contribution in [0, 0.1) is 10.1 Å². The topological polar surface area (TPSA) is 93.5 Å². The van der Waals surface area contributed by atoms with Crippen LogP contribution in [0.5, 0.6) is 0 Å². The van der Waals surface area contributed by atoms with E-state index in [4.69, 9.17) is 4.74 Å². The molecule has 0 aromatic heterocycles. The maximum Gasteiger partial charge on any atom is 0.271 e. The number of benzene rings is 1. The molecule has 2 N–H and O–H groups in total. The van der Waals surface area contributed by atoms with E-state index in [0.717, 1.165) is 6.54 Å². The molecule has 1 amide bonds. The van der Waals surface area contributed by atoms with Gasteiger partial charge in [0.1, 0.15) is 0 Å². The van der Waals surface area contributed by atoms with Gasteiger partial charge >= 0.3 is 0 Å². The second-order valence-corrected chi connectivity index (χ2v) is 4.26. The minimum Gasteiger partial charge on any atom is -0.375 e. The molecule has 110 valence electrons. The Morgan fingerprint density at radius 3 is 3.00 bits per heavy atom. The Bertz CT molecular complexity index is 478. The van der Waals surface area contributed by atoms with Crippen molar-refractivity contribution in [1.82, 2.24) is 5.32 Å². The molecule has 7 nitrogen and oxygen atoms in total. The van der Waals surface area contributed by atoms with Crippen LogP contribution < -0.4 is 10.6 Å². The lowest BCUT2D eigenvalue weighted by molar-refractivity contribution is -0.384. The number of hydrogen-bond donors (Lipinski definition) is 2. The lowest BCUT2D eigenvalue weighted by Crippen LogP contribution is -2.40. The number of amides is 1. The molecular weight excluding hydrogens is 286 g/mol. The van der Waals surface area contributed by atoms with Crippen molar-refractivity contribution in [2.75, 3.05) is 25.0 Å². The van der Waals surface area contributed by atoms with Gasteiger partial charge in [0.05, 0.1) is 24.1 Å². The third-order valence-corrected chi connectivity index (χ3v) is 2.76. The Hall–Kier alpha value is -1.70. The van der Waals surface area contributed by atoms with Gasteiger partial charge in [-0.15, -0.1) is 12.4 Å². The van der Waals surface area contributed by atoms with Crippen molar-refractivity contribution in [1.29, 1.82) is 0 Å². The molecule has 1 saturated heterocycles. The molecule has 1 heterocycles. The number of nitro groups is 1. The first-order valence-corrected chi connectivity index (χ1v) is 6.02. The Morgan fingerprint density at radius 1 is 1.55 bits per heavy atom. The lowest BCUT2D eigenvalue weighted by Gasteiger charge is -2.23. The van der Waals surface area contributed by atoms with Crippen LogP contribution in [0.4, 0.5) is 11.4 Å².